The lowest BCUT2D eigenvalue weighted by Gasteiger charge is -2.10. The highest BCUT2D eigenvalue weighted by molar-refractivity contribution is 5.92. The van der Waals surface area contributed by atoms with Crippen LogP contribution in [0.15, 0.2) is 18.2 Å². The van der Waals surface area contributed by atoms with Crippen molar-refractivity contribution in [2.24, 2.45) is 5.73 Å². The van der Waals surface area contributed by atoms with Crippen molar-refractivity contribution in [3.8, 4) is 0 Å². The topological polar surface area (TPSA) is 84.2 Å². The quantitative estimate of drug-likeness (QED) is 0.686. The van der Waals surface area contributed by atoms with Crippen LogP contribution in [0.1, 0.15) is 31.7 Å². The van der Waals surface area contributed by atoms with E-state index in [0.29, 0.717) is 13.0 Å². The summed E-state index contributed by atoms with van der Waals surface area (Å²) >= 11 is 0. The molecule has 0 heterocycles. The normalized spacial score (nSPS) is 10.1. The van der Waals surface area contributed by atoms with Crippen LogP contribution < -0.4 is 16.4 Å². The highest BCUT2D eigenvalue weighted by Crippen LogP contribution is 2.19. The Labute approximate surface area is 113 Å². The lowest BCUT2D eigenvalue weighted by molar-refractivity contribution is -0.116. The van der Waals surface area contributed by atoms with Crippen LogP contribution in [0.4, 0.5) is 11.4 Å². The summed E-state index contributed by atoms with van der Waals surface area (Å²) in [6.45, 7) is 3.96. The summed E-state index contributed by atoms with van der Waals surface area (Å²) in [6.07, 6.45) is 2.13. The molecule has 0 aliphatic carbocycles. The first-order valence-electron chi connectivity index (χ1n) is 6.41. The Morgan fingerprint density at radius 1 is 1.21 bits per heavy atom. The molecule has 1 aromatic rings. The Kier molecular flexibility index (Phi) is 6.02. The van der Waals surface area contributed by atoms with Gasteiger partial charge in [-0.15, -0.1) is 0 Å². The Balaban J connectivity index is 2.58. The molecule has 0 bridgehead atoms. The molecule has 4 N–H and O–H groups in total. The molecule has 19 heavy (non-hydrogen) atoms. The molecule has 0 unspecified atom stereocenters. The number of nitrogens with two attached hydrogens (primary N) is 1. The van der Waals surface area contributed by atoms with Gasteiger partial charge in [-0.3, -0.25) is 9.59 Å². The molecule has 0 saturated heterocycles. The fourth-order valence-corrected chi connectivity index (χ4v) is 1.72. The van der Waals surface area contributed by atoms with Gasteiger partial charge in [0.2, 0.25) is 11.8 Å². The van der Waals surface area contributed by atoms with Crippen molar-refractivity contribution >= 4 is 23.2 Å². The highest BCUT2D eigenvalue weighted by atomic mass is 16.2. The van der Waals surface area contributed by atoms with Crippen molar-refractivity contribution in [2.75, 3.05) is 17.2 Å². The number of amides is 2. The maximum Gasteiger partial charge on any atom is 0.224 e. The summed E-state index contributed by atoms with van der Waals surface area (Å²) in [6, 6.07) is 5.40. The van der Waals surface area contributed by atoms with E-state index in [0.717, 1.165) is 29.8 Å². The van der Waals surface area contributed by atoms with E-state index in [4.69, 9.17) is 5.73 Å². The summed E-state index contributed by atoms with van der Waals surface area (Å²) in [5.74, 6) is -0.123. The van der Waals surface area contributed by atoms with E-state index in [9.17, 15) is 9.59 Å². The minimum atomic E-state index is -0.110. The summed E-state index contributed by atoms with van der Waals surface area (Å²) in [5, 5.41) is 5.56. The molecule has 0 aromatic heterocycles. The van der Waals surface area contributed by atoms with Crippen LogP contribution in [0, 0.1) is 6.92 Å². The lowest BCUT2D eigenvalue weighted by atomic mass is 10.1. The number of nitrogens with one attached hydrogen (secondary N) is 2. The number of rotatable bonds is 6. The van der Waals surface area contributed by atoms with E-state index in [1.54, 1.807) is 12.1 Å². The van der Waals surface area contributed by atoms with E-state index in [-0.39, 0.29) is 11.8 Å². The van der Waals surface area contributed by atoms with Gasteiger partial charge in [0.15, 0.2) is 0 Å². The van der Waals surface area contributed by atoms with Crippen molar-refractivity contribution in [1.29, 1.82) is 0 Å². The summed E-state index contributed by atoms with van der Waals surface area (Å²) < 4.78 is 0. The first kappa shape index (κ1) is 15.2. The molecule has 5 nitrogen and oxygen atoms in total. The monoisotopic (exact) mass is 263 g/mol. The number of carbonyl (C=O) groups is 2. The van der Waals surface area contributed by atoms with Gasteiger partial charge in [0.1, 0.15) is 0 Å². The molecule has 5 heteroatoms. The second kappa shape index (κ2) is 7.53. The molecular weight excluding hydrogens is 242 g/mol. The number of unbranched alkanes of at least 4 members (excludes halogenated alkanes) is 1. The van der Waals surface area contributed by atoms with Crippen LogP contribution in [0.2, 0.25) is 0 Å². The van der Waals surface area contributed by atoms with Gasteiger partial charge >= 0.3 is 0 Å². The van der Waals surface area contributed by atoms with Crippen LogP contribution in [-0.4, -0.2) is 18.4 Å². The molecule has 1 aromatic carbocycles. The van der Waals surface area contributed by atoms with Gasteiger partial charge in [-0.2, -0.15) is 0 Å². The first-order chi connectivity index (χ1) is 9.02. The Morgan fingerprint density at radius 2 is 1.95 bits per heavy atom. The van der Waals surface area contributed by atoms with Gasteiger partial charge in [0, 0.05) is 24.7 Å². The van der Waals surface area contributed by atoms with E-state index >= 15 is 0 Å². The van der Waals surface area contributed by atoms with Crippen molar-refractivity contribution < 1.29 is 9.59 Å². The second-order valence-electron chi connectivity index (χ2n) is 4.50. The standard InChI is InChI=1S/C14H21N3O2/c1-10-9-12(6-7-13(10)16-11(2)18)17-14(19)5-3-4-8-15/h6-7,9H,3-5,8,15H2,1-2H3,(H,16,18)(H,17,19). The van der Waals surface area contributed by atoms with Crippen molar-refractivity contribution in [3.63, 3.8) is 0 Å². The van der Waals surface area contributed by atoms with Crippen molar-refractivity contribution in [3.05, 3.63) is 23.8 Å². The van der Waals surface area contributed by atoms with Gasteiger partial charge in [0.05, 0.1) is 0 Å². The molecular formula is C14H21N3O2. The molecule has 0 atom stereocenters. The SMILES string of the molecule is CC(=O)Nc1ccc(NC(=O)CCCCN)cc1C. The van der Waals surface area contributed by atoms with Crippen molar-refractivity contribution in [2.45, 2.75) is 33.1 Å². The maximum absolute atomic E-state index is 11.6. The summed E-state index contributed by atoms with van der Waals surface area (Å²) in [4.78, 5) is 22.6. The highest BCUT2D eigenvalue weighted by Gasteiger charge is 2.05. The van der Waals surface area contributed by atoms with Crippen LogP contribution in [0.5, 0.6) is 0 Å². The largest absolute Gasteiger partial charge is 0.330 e. The van der Waals surface area contributed by atoms with E-state index in [1.165, 1.54) is 6.92 Å². The van der Waals surface area contributed by atoms with E-state index < -0.39 is 0 Å². The van der Waals surface area contributed by atoms with Crippen LogP contribution >= 0.6 is 0 Å². The molecule has 0 spiro atoms. The number of benzene rings is 1. The molecule has 0 saturated carbocycles. The number of hydrogen-bond acceptors (Lipinski definition) is 3. The smallest absolute Gasteiger partial charge is 0.224 e. The third-order valence-electron chi connectivity index (χ3n) is 2.68. The second-order valence-corrected chi connectivity index (χ2v) is 4.50. The average molecular weight is 263 g/mol. The average Bonchev–Trinajstić information content (AvgIpc) is 2.32. The summed E-state index contributed by atoms with van der Waals surface area (Å²) in [5.41, 5.74) is 7.79. The molecule has 2 amide bonds. The zero-order valence-electron chi connectivity index (χ0n) is 11.5. The number of aryl methyl sites for hydroxylation is 1. The Morgan fingerprint density at radius 3 is 2.53 bits per heavy atom. The fraction of sp³-hybridized carbons (Fsp3) is 0.429. The zero-order chi connectivity index (χ0) is 14.3. The van der Waals surface area contributed by atoms with E-state index in [2.05, 4.69) is 10.6 Å². The zero-order valence-corrected chi connectivity index (χ0v) is 11.5. The molecule has 104 valence electrons. The third kappa shape index (κ3) is 5.52. The number of carbonyl (C=O) groups excluding carboxylic acids is 2. The van der Waals surface area contributed by atoms with Crippen LogP contribution in [0.3, 0.4) is 0 Å². The minimum absolute atomic E-state index is 0.0138. The van der Waals surface area contributed by atoms with Gasteiger partial charge in [-0.1, -0.05) is 0 Å². The molecule has 0 aliphatic heterocycles. The Hall–Kier alpha value is -1.88. The van der Waals surface area contributed by atoms with Crippen molar-refractivity contribution in [1.82, 2.24) is 0 Å². The molecule has 0 fully saturated rings. The Bertz CT molecular complexity index is 458. The maximum atomic E-state index is 11.6. The first-order valence-corrected chi connectivity index (χ1v) is 6.41. The predicted octanol–water partition coefficient (Wildman–Crippen LogP) is 2.02. The van der Waals surface area contributed by atoms with Gasteiger partial charge in [0.25, 0.3) is 0 Å². The van der Waals surface area contributed by atoms with Gasteiger partial charge < -0.3 is 16.4 Å². The summed E-state index contributed by atoms with van der Waals surface area (Å²) in [7, 11) is 0. The van der Waals surface area contributed by atoms with Gasteiger partial charge in [-0.05, 0) is 50.1 Å². The fourth-order valence-electron chi connectivity index (χ4n) is 1.72. The predicted molar refractivity (Wildman–Crippen MR) is 77.0 cm³/mol. The van der Waals surface area contributed by atoms with Crippen LogP contribution in [-0.2, 0) is 9.59 Å². The van der Waals surface area contributed by atoms with Crippen LogP contribution in [0.25, 0.3) is 0 Å². The van der Waals surface area contributed by atoms with Gasteiger partial charge in [-0.25, -0.2) is 0 Å². The lowest BCUT2D eigenvalue weighted by Crippen LogP contribution is -2.12. The molecule has 0 aliphatic rings. The molecule has 1 rings (SSSR count). The number of anilines is 2. The molecule has 0 radical (unpaired) electrons. The number of hydrogen-bond donors (Lipinski definition) is 3. The van der Waals surface area contributed by atoms with E-state index in [1.807, 2.05) is 13.0 Å². The third-order valence-corrected chi connectivity index (χ3v) is 2.68. The minimum Gasteiger partial charge on any atom is -0.330 e.